The molecule has 0 fully saturated rings. The van der Waals surface area contributed by atoms with Crippen molar-refractivity contribution in [2.45, 2.75) is 33.3 Å². The third-order valence-corrected chi connectivity index (χ3v) is 9.53. The van der Waals surface area contributed by atoms with E-state index in [2.05, 4.69) is 56.9 Å². The quantitative estimate of drug-likeness (QED) is 0.141. The number of fused-ring (bicyclic) bond motifs is 1. The Morgan fingerprint density at radius 3 is 2.42 bits per heavy atom. The molecular weight excluding hydrogens is 700 g/mol. The summed E-state index contributed by atoms with van der Waals surface area (Å²) in [6.45, 7) is 6.31. The zero-order valence-electron chi connectivity index (χ0n) is 25.4. The first-order valence-corrected chi connectivity index (χ1v) is 15.7. The normalized spacial score (nSPS) is 11.3. The van der Waals surface area contributed by atoms with Crippen LogP contribution in [0, 0.1) is 18.3 Å². The Balaban J connectivity index is 1.62. The number of para-hydroxylation sites is 1. The van der Waals surface area contributed by atoms with Crippen molar-refractivity contribution in [2.75, 3.05) is 14.2 Å². The van der Waals surface area contributed by atoms with Gasteiger partial charge in [-0.1, -0.05) is 44.2 Å². The lowest BCUT2D eigenvalue weighted by Crippen LogP contribution is -2.21. The van der Waals surface area contributed by atoms with E-state index in [-0.39, 0.29) is 18.1 Å². The van der Waals surface area contributed by atoms with Gasteiger partial charge in [0.05, 0.1) is 47.4 Å². The van der Waals surface area contributed by atoms with E-state index in [4.69, 9.17) is 19.2 Å². The fourth-order valence-electron chi connectivity index (χ4n) is 4.98. The highest BCUT2D eigenvalue weighted by atomic mass is 79.9. The van der Waals surface area contributed by atoms with Gasteiger partial charge in [0.25, 0.3) is 5.56 Å². The van der Waals surface area contributed by atoms with Crippen LogP contribution in [-0.4, -0.2) is 30.1 Å². The minimum atomic E-state index is -0.300. The van der Waals surface area contributed by atoms with Crippen molar-refractivity contribution in [2.24, 2.45) is 5.10 Å². The molecule has 0 aliphatic heterocycles. The maximum absolute atomic E-state index is 13.9. The van der Waals surface area contributed by atoms with Crippen molar-refractivity contribution < 1.29 is 14.2 Å². The van der Waals surface area contributed by atoms with Crippen LogP contribution in [0.5, 0.6) is 17.2 Å². The predicted octanol–water partition coefficient (Wildman–Crippen LogP) is 8.37. The Labute approximate surface area is 278 Å². The summed E-state index contributed by atoms with van der Waals surface area (Å²) < 4.78 is 20.0. The first-order chi connectivity index (χ1) is 21.7. The number of aryl methyl sites for hydroxylation is 1. The summed E-state index contributed by atoms with van der Waals surface area (Å²) in [6.07, 6.45) is 1.58. The van der Waals surface area contributed by atoms with Crippen molar-refractivity contribution in [1.29, 1.82) is 5.26 Å². The van der Waals surface area contributed by atoms with Crippen molar-refractivity contribution in [3.8, 4) is 34.7 Å². The van der Waals surface area contributed by atoms with Crippen LogP contribution in [-0.2, 0) is 6.61 Å². The van der Waals surface area contributed by atoms with Gasteiger partial charge in [-0.25, -0.2) is 4.98 Å². The van der Waals surface area contributed by atoms with Crippen LogP contribution >= 0.6 is 31.9 Å². The molecule has 0 aliphatic rings. The molecule has 5 aromatic rings. The molecule has 1 heterocycles. The molecule has 0 atom stereocenters. The monoisotopic (exact) mass is 728 g/mol. The summed E-state index contributed by atoms with van der Waals surface area (Å²) >= 11 is 7.28. The minimum absolute atomic E-state index is 0.166. The second-order valence-corrected chi connectivity index (χ2v) is 12.1. The molecule has 10 heteroatoms. The van der Waals surface area contributed by atoms with Gasteiger partial charge in [-0.05, 0) is 92.2 Å². The second-order valence-electron chi connectivity index (χ2n) is 10.6. The highest BCUT2D eigenvalue weighted by molar-refractivity contribution is 9.13. The summed E-state index contributed by atoms with van der Waals surface area (Å²) in [6, 6.07) is 22.4. The van der Waals surface area contributed by atoms with Crippen molar-refractivity contribution >= 4 is 49.0 Å². The van der Waals surface area contributed by atoms with E-state index in [1.807, 2.05) is 49.4 Å². The third-order valence-electron chi connectivity index (χ3n) is 7.39. The lowest BCUT2D eigenvalue weighted by atomic mass is 9.96. The molecule has 0 unspecified atom stereocenters. The predicted molar refractivity (Wildman–Crippen MR) is 184 cm³/mol. The number of aromatic nitrogens is 2. The summed E-state index contributed by atoms with van der Waals surface area (Å²) in [5, 5.41) is 14.6. The van der Waals surface area contributed by atoms with Crippen LogP contribution in [0.1, 0.15) is 47.6 Å². The largest absolute Gasteiger partial charge is 0.496 e. The SMILES string of the molecule is COc1cc(C)c(-c2nc3ccccc3c(=O)n2N=Cc2cc(OC)c(OCc3ccccc3C#N)c(Br)c2Br)cc1C(C)C. The van der Waals surface area contributed by atoms with Crippen molar-refractivity contribution in [3.05, 3.63) is 114 Å². The van der Waals surface area contributed by atoms with Crippen LogP contribution in [0.25, 0.3) is 22.3 Å². The Bertz CT molecular complexity index is 2050. The molecule has 228 valence electrons. The molecule has 8 nitrogen and oxygen atoms in total. The molecule has 4 aromatic carbocycles. The van der Waals surface area contributed by atoms with E-state index in [0.717, 1.165) is 28.0 Å². The number of hydrogen-bond acceptors (Lipinski definition) is 7. The minimum Gasteiger partial charge on any atom is -0.496 e. The Kier molecular flexibility index (Phi) is 9.71. The Morgan fingerprint density at radius 2 is 1.71 bits per heavy atom. The molecular formula is C35H30Br2N4O4. The van der Waals surface area contributed by atoms with Crippen molar-refractivity contribution in [3.63, 3.8) is 0 Å². The van der Waals surface area contributed by atoms with Crippen LogP contribution in [0.3, 0.4) is 0 Å². The fourth-order valence-corrected chi connectivity index (χ4v) is 5.92. The molecule has 0 radical (unpaired) electrons. The smallest absolute Gasteiger partial charge is 0.282 e. The third kappa shape index (κ3) is 6.37. The Morgan fingerprint density at radius 1 is 1.00 bits per heavy atom. The van der Waals surface area contributed by atoms with E-state index >= 15 is 0 Å². The van der Waals surface area contributed by atoms with Crippen LogP contribution in [0.2, 0.25) is 0 Å². The van der Waals surface area contributed by atoms with Gasteiger partial charge in [0.15, 0.2) is 17.3 Å². The molecule has 45 heavy (non-hydrogen) atoms. The molecule has 0 aliphatic carbocycles. The number of rotatable bonds is 9. The van der Waals surface area contributed by atoms with Gasteiger partial charge in [-0.15, -0.1) is 0 Å². The average Bonchev–Trinajstić information content (AvgIpc) is 3.05. The van der Waals surface area contributed by atoms with E-state index in [0.29, 0.717) is 48.3 Å². The molecule has 0 bridgehead atoms. The number of nitrogens with zero attached hydrogens (tertiary/aromatic N) is 4. The zero-order chi connectivity index (χ0) is 32.2. The molecule has 0 spiro atoms. The number of hydrogen-bond donors (Lipinski definition) is 0. The highest BCUT2D eigenvalue weighted by Gasteiger charge is 2.20. The molecule has 1 aromatic heterocycles. The van der Waals surface area contributed by atoms with Gasteiger partial charge in [0, 0.05) is 21.2 Å². The summed E-state index contributed by atoms with van der Waals surface area (Å²) in [7, 11) is 3.20. The molecule has 0 amide bonds. The number of ether oxygens (including phenoxy) is 3. The number of halogens is 2. The molecule has 5 rings (SSSR count). The van der Waals surface area contributed by atoms with Gasteiger partial charge in [-0.3, -0.25) is 4.79 Å². The lowest BCUT2D eigenvalue weighted by molar-refractivity contribution is 0.282. The lowest BCUT2D eigenvalue weighted by Gasteiger charge is -2.18. The fraction of sp³-hybridized carbons (Fsp3) is 0.200. The first kappa shape index (κ1) is 31.9. The molecule has 0 N–H and O–H groups in total. The van der Waals surface area contributed by atoms with Crippen molar-refractivity contribution in [1.82, 2.24) is 9.66 Å². The summed E-state index contributed by atoms with van der Waals surface area (Å²) in [4.78, 5) is 18.8. The van der Waals surface area contributed by atoms with Crippen LogP contribution < -0.4 is 19.8 Å². The zero-order valence-corrected chi connectivity index (χ0v) is 28.6. The molecule has 0 saturated carbocycles. The topological polar surface area (TPSA) is 98.7 Å². The van der Waals surface area contributed by atoms with Crippen LogP contribution in [0.4, 0.5) is 0 Å². The number of nitriles is 1. The van der Waals surface area contributed by atoms with E-state index in [1.54, 1.807) is 44.7 Å². The standard InChI is InChI=1S/C35H30Br2N4O4/c1-20(2)26-16-27(21(3)14-29(26)43-4)34-40-28-13-9-8-12-25(28)35(42)41(34)39-18-24-15-30(44-5)33(32(37)31(24)36)45-19-23-11-7-6-10-22(23)17-38/h6-16,18,20H,19H2,1-5H3. The van der Waals surface area contributed by atoms with Gasteiger partial charge in [-0.2, -0.15) is 15.0 Å². The van der Waals surface area contributed by atoms with Gasteiger partial charge in [0.1, 0.15) is 12.4 Å². The summed E-state index contributed by atoms with van der Waals surface area (Å²) in [5.41, 5.74) is 4.87. The van der Waals surface area contributed by atoms with Gasteiger partial charge >= 0.3 is 0 Å². The van der Waals surface area contributed by atoms with E-state index in [9.17, 15) is 10.1 Å². The Hall–Kier alpha value is -4.46. The van der Waals surface area contributed by atoms with E-state index in [1.165, 1.54) is 4.68 Å². The maximum atomic E-state index is 13.9. The molecule has 0 saturated heterocycles. The highest BCUT2D eigenvalue weighted by Crippen LogP contribution is 2.43. The number of benzene rings is 4. The van der Waals surface area contributed by atoms with E-state index < -0.39 is 0 Å². The maximum Gasteiger partial charge on any atom is 0.282 e. The van der Waals surface area contributed by atoms with Gasteiger partial charge < -0.3 is 14.2 Å². The second kappa shape index (κ2) is 13.7. The first-order valence-electron chi connectivity index (χ1n) is 14.1. The van der Waals surface area contributed by atoms with Crippen LogP contribution in [0.15, 0.2) is 85.6 Å². The van der Waals surface area contributed by atoms with Gasteiger partial charge in [0.2, 0.25) is 0 Å². The number of methoxy groups -OCH3 is 2. The summed E-state index contributed by atoms with van der Waals surface area (Å²) in [5.74, 6) is 2.27. The average molecular weight is 730 g/mol.